The second-order valence-corrected chi connectivity index (χ2v) is 9.78. The van der Waals surface area contributed by atoms with E-state index in [9.17, 15) is 4.79 Å². The Bertz CT molecular complexity index is 1780. The third-order valence-electron chi connectivity index (χ3n) is 7.15. The molecule has 0 atom stereocenters. The molecule has 0 aromatic carbocycles. The molecule has 39 heavy (non-hydrogen) atoms. The fourth-order valence-electron chi connectivity index (χ4n) is 5.14. The lowest BCUT2D eigenvalue weighted by atomic mass is 9.94. The SMILES string of the molecule is O=C(CC1CCNCC1)Nc1cncc(-c2cc3c(-c4nc5c(-c6ccoc6)cncc5[nH]4)n[nH]c3cn2)c1. The van der Waals surface area contributed by atoms with Gasteiger partial charge in [0.2, 0.25) is 5.91 Å². The van der Waals surface area contributed by atoms with Gasteiger partial charge in [0.05, 0.1) is 53.5 Å². The molecule has 0 radical (unpaired) electrons. The van der Waals surface area contributed by atoms with Crippen LogP contribution in [0, 0.1) is 5.92 Å². The fourth-order valence-corrected chi connectivity index (χ4v) is 5.14. The highest BCUT2D eigenvalue weighted by molar-refractivity contribution is 5.97. The number of carbonyl (C=O) groups is 1. The Morgan fingerprint density at radius 2 is 1.92 bits per heavy atom. The maximum Gasteiger partial charge on any atom is 0.224 e. The van der Waals surface area contributed by atoms with Crippen molar-refractivity contribution in [3.8, 4) is 33.9 Å². The van der Waals surface area contributed by atoms with E-state index < -0.39 is 0 Å². The lowest BCUT2D eigenvalue weighted by molar-refractivity contribution is -0.117. The summed E-state index contributed by atoms with van der Waals surface area (Å²) in [6, 6.07) is 5.73. The molecule has 0 spiro atoms. The third-order valence-corrected chi connectivity index (χ3v) is 7.15. The highest BCUT2D eigenvalue weighted by atomic mass is 16.3. The molecule has 11 heteroatoms. The largest absolute Gasteiger partial charge is 0.472 e. The van der Waals surface area contributed by atoms with Gasteiger partial charge in [-0.05, 0) is 50.0 Å². The molecular weight excluding hydrogens is 494 g/mol. The topological polar surface area (TPSA) is 150 Å². The van der Waals surface area contributed by atoms with Crippen molar-refractivity contribution < 1.29 is 9.21 Å². The number of aromatic amines is 2. The molecule has 6 aromatic heterocycles. The minimum absolute atomic E-state index is 0.00977. The number of hydrogen-bond donors (Lipinski definition) is 4. The maximum atomic E-state index is 12.6. The molecule has 6 aromatic rings. The Labute approximate surface area is 222 Å². The molecule has 0 unspecified atom stereocenters. The van der Waals surface area contributed by atoms with Gasteiger partial charge in [-0.2, -0.15) is 5.10 Å². The predicted molar refractivity (Wildman–Crippen MR) is 147 cm³/mol. The van der Waals surface area contributed by atoms with E-state index in [1.54, 1.807) is 43.5 Å². The summed E-state index contributed by atoms with van der Waals surface area (Å²) >= 11 is 0. The van der Waals surface area contributed by atoms with E-state index in [-0.39, 0.29) is 5.91 Å². The predicted octanol–water partition coefficient (Wildman–Crippen LogP) is 4.55. The van der Waals surface area contributed by atoms with Gasteiger partial charge in [0.1, 0.15) is 11.2 Å². The van der Waals surface area contributed by atoms with Crippen molar-refractivity contribution in [2.45, 2.75) is 19.3 Å². The number of aromatic nitrogens is 7. The first kappa shape index (κ1) is 23.2. The van der Waals surface area contributed by atoms with Crippen LogP contribution in [0.25, 0.3) is 55.8 Å². The minimum atomic E-state index is 0.00977. The van der Waals surface area contributed by atoms with E-state index >= 15 is 0 Å². The first-order chi connectivity index (χ1) is 19.2. The van der Waals surface area contributed by atoms with Crippen LogP contribution in [0.3, 0.4) is 0 Å². The van der Waals surface area contributed by atoms with Crippen LogP contribution >= 0.6 is 0 Å². The van der Waals surface area contributed by atoms with E-state index in [0.717, 1.165) is 64.6 Å². The Balaban J connectivity index is 1.19. The van der Waals surface area contributed by atoms with Crippen LogP contribution in [0.15, 0.2) is 66.1 Å². The van der Waals surface area contributed by atoms with Gasteiger partial charge in [-0.25, -0.2) is 4.98 Å². The highest BCUT2D eigenvalue weighted by Gasteiger charge is 2.19. The Morgan fingerprint density at radius 1 is 1.03 bits per heavy atom. The number of pyridine rings is 3. The van der Waals surface area contributed by atoms with Gasteiger partial charge in [0.25, 0.3) is 0 Å². The minimum Gasteiger partial charge on any atom is -0.472 e. The third kappa shape index (κ3) is 4.53. The number of imidazole rings is 1. The van der Waals surface area contributed by atoms with E-state index in [2.05, 4.69) is 40.8 Å². The van der Waals surface area contributed by atoms with Crippen LogP contribution in [0.2, 0.25) is 0 Å². The van der Waals surface area contributed by atoms with Crippen molar-refractivity contribution in [2.24, 2.45) is 5.92 Å². The van der Waals surface area contributed by atoms with Gasteiger partial charge in [-0.15, -0.1) is 0 Å². The van der Waals surface area contributed by atoms with Crippen molar-refractivity contribution in [1.82, 2.24) is 40.4 Å². The number of anilines is 1. The number of nitrogens with zero attached hydrogens (tertiary/aromatic N) is 5. The van der Waals surface area contributed by atoms with Gasteiger partial charge in [0, 0.05) is 40.9 Å². The molecule has 194 valence electrons. The van der Waals surface area contributed by atoms with Gasteiger partial charge < -0.3 is 20.0 Å². The van der Waals surface area contributed by atoms with Crippen molar-refractivity contribution >= 4 is 33.5 Å². The summed E-state index contributed by atoms with van der Waals surface area (Å²) < 4.78 is 5.25. The summed E-state index contributed by atoms with van der Waals surface area (Å²) in [4.78, 5) is 34.1. The molecule has 0 bridgehead atoms. The van der Waals surface area contributed by atoms with Crippen LogP contribution in [-0.4, -0.2) is 54.1 Å². The molecule has 11 nitrogen and oxygen atoms in total. The summed E-state index contributed by atoms with van der Waals surface area (Å²) in [5.41, 5.74) is 6.95. The van der Waals surface area contributed by atoms with Gasteiger partial charge in [-0.1, -0.05) is 0 Å². The summed E-state index contributed by atoms with van der Waals surface area (Å²) in [7, 11) is 0. The smallest absolute Gasteiger partial charge is 0.224 e. The zero-order valence-electron chi connectivity index (χ0n) is 20.9. The normalized spacial score (nSPS) is 14.3. The van der Waals surface area contributed by atoms with Crippen LogP contribution in [0.4, 0.5) is 5.69 Å². The standard InChI is InChI=1S/C28H25N9O2/c38-25(7-16-1-4-29-5-2-16)33-19-8-18(10-30-11-19)22-9-20-23(14-32-22)36-37-27(20)28-34-24-13-31-12-21(26(24)35-28)17-3-6-39-15-17/h3,6,8-16,29H,1-2,4-5,7H2,(H,33,38)(H,34,35)(H,36,37). The average Bonchev–Trinajstić information content (AvgIpc) is 3.73. The van der Waals surface area contributed by atoms with Crippen LogP contribution in [0.1, 0.15) is 19.3 Å². The van der Waals surface area contributed by atoms with Crippen LogP contribution < -0.4 is 10.6 Å². The molecule has 1 saturated heterocycles. The average molecular weight is 520 g/mol. The molecule has 7 heterocycles. The number of fused-ring (bicyclic) bond motifs is 2. The number of furan rings is 1. The second kappa shape index (κ2) is 9.76. The zero-order chi connectivity index (χ0) is 26.2. The Kier molecular flexibility index (Phi) is 5.82. The molecule has 1 fully saturated rings. The number of H-pyrrole nitrogens is 2. The monoisotopic (exact) mass is 519 g/mol. The van der Waals surface area contributed by atoms with E-state index in [0.29, 0.717) is 35.2 Å². The first-order valence-corrected chi connectivity index (χ1v) is 12.9. The quantitative estimate of drug-likeness (QED) is 0.250. The summed E-state index contributed by atoms with van der Waals surface area (Å²) in [6.45, 7) is 1.94. The van der Waals surface area contributed by atoms with Crippen molar-refractivity contribution in [2.75, 3.05) is 18.4 Å². The fraction of sp³-hybridized carbons (Fsp3) is 0.214. The molecule has 1 aliphatic rings. The first-order valence-electron chi connectivity index (χ1n) is 12.9. The van der Waals surface area contributed by atoms with Gasteiger partial charge in [-0.3, -0.25) is 24.8 Å². The van der Waals surface area contributed by atoms with E-state index in [1.165, 1.54) is 0 Å². The lowest BCUT2D eigenvalue weighted by Crippen LogP contribution is -2.30. The van der Waals surface area contributed by atoms with Crippen molar-refractivity contribution in [3.05, 3.63) is 61.7 Å². The van der Waals surface area contributed by atoms with E-state index in [1.807, 2.05) is 18.2 Å². The molecule has 4 N–H and O–H groups in total. The molecule has 0 saturated carbocycles. The number of hydrogen-bond acceptors (Lipinski definition) is 8. The van der Waals surface area contributed by atoms with Gasteiger partial charge in [0.15, 0.2) is 5.82 Å². The lowest BCUT2D eigenvalue weighted by Gasteiger charge is -2.21. The molecule has 7 rings (SSSR count). The molecule has 1 amide bonds. The van der Waals surface area contributed by atoms with E-state index in [4.69, 9.17) is 9.40 Å². The molecule has 1 aliphatic heterocycles. The number of nitrogens with one attached hydrogen (secondary N) is 4. The summed E-state index contributed by atoms with van der Waals surface area (Å²) in [5, 5.41) is 14.8. The highest BCUT2D eigenvalue weighted by Crippen LogP contribution is 2.32. The Hall–Kier alpha value is -4.90. The second-order valence-electron chi connectivity index (χ2n) is 9.78. The summed E-state index contributed by atoms with van der Waals surface area (Å²) in [6.07, 6.45) is 14.5. The Morgan fingerprint density at radius 3 is 2.79 bits per heavy atom. The van der Waals surface area contributed by atoms with Crippen LogP contribution in [0.5, 0.6) is 0 Å². The summed E-state index contributed by atoms with van der Waals surface area (Å²) in [5.74, 6) is 1.04. The number of piperidine rings is 1. The maximum absolute atomic E-state index is 12.6. The number of carbonyl (C=O) groups excluding carboxylic acids is 1. The van der Waals surface area contributed by atoms with Gasteiger partial charge >= 0.3 is 0 Å². The zero-order valence-corrected chi connectivity index (χ0v) is 20.9. The van der Waals surface area contributed by atoms with Crippen LogP contribution in [-0.2, 0) is 4.79 Å². The molecular formula is C28H25N9O2. The number of amides is 1. The van der Waals surface area contributed by atoms with Crippen molar-refractivity contribution in [3.63, 3.8) is 0 Å². The molecule has 0 aliphatic carbocycles. The number of rotatable bonds is 6. The van der Waals surface area contributed by atoms with Crippen molar-refractivity contribution in [1.29, 1.82) is 0 Å².